The summed E-state index contributed by atoms with van der Waals surface area (Å²) < 4.78 is 10.3. The topological polar surface area (TPSA) is 97.0 Å². The zero-order chi connectivity index (χ0) is 19.9. The van der Waals surface area contributed by atoms with E-state index in [-0.39, 0.29) is 18.4 Å². The number of hydrogen-bond donors (Lipinski definition) is 2. The maximum atomic E-state index is 12.6. The number of benzene rings is 1. The molecule has 1 aromatic rings. The molecule has 0 heterocycles. The standard InChI is InChI=1S/C18H27N3O5/c1-11(2)16(18(24)19-10-15(22)21(3)4)20-17(23)12-7-13(25-5)9-14(8-12)26-6/h7-9,11,16H,10H2,1-6H3,(H,19,24)(H,20,23)/t16-/m1/s1. The molecule has 0 aliphatic carbocycles. The summed E-state index contributed by atoms with van der Waals surface area (Å²) in [5, 5.41) is 5.25. The van der Waals surface area contributed by atoms with Crippen molar-refractivity contribution in [2.24, 2.45) is 5.92 Å². The minimum atomic E-state index is -0.783. The highest BCUT2D eigenvalue weighted by atomic mass is 16.5. The summed E-state index contributed by atoms with van der Waals surface area (Å²) in [6, 6.07) is 3.98. The molecule has 0 saturated heterocycles. The van der Waals surface area contributed by atoms with E-state index in [1.807, 2.05) is 13.8 Å². The Morgan fingerprint density at radius 2 is 1.58 bits per heavy atom. The van der Waals surface area contributed by atoms with Gasteiger partial charge in [-0.2, -0.15) is 0 Å². The van der Waals surface area contributed by atoms with Gasteiger partial charge in [0.1, 0.15) is 17.5 Å². The molecule has 0 aliphatic heterocycles. The third-order valence-electron chi connectivity index (χ3n) is 3.76. The van der Waals surface area contributed by atoms with Crippen LogP contribution < -0.4 is 20.1 Å². The zero-order valence-corrected chi connectivity index (χ0v) is 16.1. The summed E-state index contributed by atoms with van der Waals surface area (Å²) in [4.78, 5) is 37.9. The quantitative estimate of drug-likeness (QED) is 0.705. The molecule has 26 heavy (non-hydrogen) atoms. The number of likely N-dealkylation sites (N-methyl/N-ethyl adjacent to an activating group) is 1. The van der Waals surface area contributed by atoms with Crippen molar-refractivity contribution >= 4 is 17.7 Å². The third-order valence-corrected chi connectivity index (χ3v) is 3.76. The lowest BCUT2D eigenvalue weighted by atomic mass is 10.0. The van der Waals surface area contributed by atoms with E-state index in [1.165, 1.54) is 19.1 Å². The Morgan fingerprint density at radius 3 is 2.00 bits per heavy atom. The van der Waals surface area contributed by atoms with E-state index in [9.17, 15) is 14.4 Å². The minimum Gasteiger partial charge on any atom is -0.497 e. The highest BCUT2D eigenvalue weighted by Crippen LogP contribution is 2.22. The first-order valence-electron chi connectivity index (χ1n) is 8.21. The summed E-state index contributed by atoms with van der Waals surface area (Å²) in [7, 11) is 6.18. The van der Waals surface area contributed by atoms with E-state index >= 15 is 0 Å². The van der Waals surface area contributed by atoms with Crippen molar-refractivity contribution in [2.75, 3.05) is 34.9 Å². The van der Waals surface area contributed by atoms with Gasteiger partial charge in [0.2, 0.25) is 11.8 Å². The van der Waals surface area contributed by atoms with Crippen LogP contribution in [0.1, 0.15) is 24.2 Å². The lowest BCUT2D eigenvalue weighted by molar-refractivity contribution is -0.131. The van der Waals surface area contributed by atoms with E-state index in [0.717, 1.165) is 0 Å². The van der Waals surface area contributed by atoms with Crippen LogP contribution in [0.4, 0.5) is 0 Å². The second-order valence-corrected chi connectivity index (χ2v) is 6.30. The van der Waals surface area contributed by atoms with Gasteiger partial charge in [-0.05, 0) is 18.1 Å². The number of nitrogens with zero attached hydrogens (tertiary/aromatic N) is 1. The van der Waals surface area contributed by atoms with Crippen LogP contribution >= 0.6 is 0 Å². The summed E-state index contributed by atoms with van der Waals surface area (Å²) in [6.07, 6.45) is 0. The summed E-state index contributed by atoms with van der Waals surface area (Å²) in [5.74, 6) is -0.313. The van der Waals surface area contributed by atoms with Crippen molar-refractivity contribution in [3.8, 4) is 11.5 Å². The largest absolute Gasteiger partial charge is 0.497 e. The molecule has 1 rings (SSSR count). The number of carbonyl (C=O) groups excluding carboxylic acids is 3. The van der Waals surface area contributed by atoms with Gasteiger partial charge in [-0.1, -0.05) is 13.8 Å². The van der Waals surface area contributed by atoms with E-state index in [2.05, 4.69) is 10.6 Å². The Kier molecular flexibility index (Phi) is 7.89. The first kappa shape index (κ1) is 21.3. The average Bonchev–Trinajstić information content (AvgIpc) is 2.62. The van der Waals surface area contributed by atoms with Gasteiger partial charge >= 0.3 is 0 Å². The van der Waals surface area contributed by atoms with Gasteiger partial charge in [-0.15, -0.1) is 0 Å². The fraction of sp³-hybridized carbons (Fsp3) is 0.500. The molecular weight excluding hydrogens is 338 g/mol. The predicted molar refractivity (Wildman–Crippen MR) is 97.3 cm³/mol. The summed E-state index contributed by atoms with van der Waals surface area (Å²) in [6.45, 7) is 3.49. The molecule has 0 unspecified atom stereocenters. The van der Waals surface area contributed by atoms with Gasteiger partial charge in [0.15, 0.2) is 0 Å². The molecule has 0 bridgehead atoms. The van der Waals surface area contributed by atoms with Gasteiger partial charge in [-0.25, -0.2) is 0 Å². The molecule has 0 aromatic heterocycles. The van der Waals surface area contributed by atoms with Crippen LogP contribution in [0, 0.1) is 5.92 Å². The number of carbonyl (C=O) groups is 3. The average molecular weight is 365 g/mol. The van der Waals surface area contributed by atoms with Gasteiger partial charge in [0.05, 0.1) is 20.8 Å². The van der Waals surface area contributed by atoms with Crippen molar-refractivity contribution in [3.05, 3.63) is 23.8 Å². The number of hydrogen-bond acceptors (Lipinski definition) is 5. The molecular formula is C18H27N3O5. The number of nitrogens with one attached hydrogen (secondary N) is 2. The summed E-state index contributed by atoms with van der Waals surface area (Å²) >= 11 is 0. The molecule has 1 aromatic carbocycles. The van der Waals surface area contributed by atoms with Gasteiger partial charge in [0.25, 0.3) is 5.91 Å². The molecule has 3 amide bonds. The van der Waals surface area contributed by atoms with Crippen LogP contribution in [0.5, 0.6) is 11.5 Å². The number of rotatable bonds is 8. The molecule has 2 N–H and O–H groups in total. The fourth-order valence-electron chi connectivity index (χ4n) is 2.13. The van der Waals surface area contributed by atoms with Crippen molar-refractivity contribution in [1.82, 2.24) is 15.5 Å². The lowest BCUT2D eigenvalue weighted by Crippen LogP contribution is -2.51. The Labute approximate surface area is 153 Å². The van der Waals surface area contributed by atoms with Crippen LogP contribution in [0.25, 0.3) is 0 Å². The second-order valence-electron chi connectivity index (χ2n) is 6.30. The van der Waals surface area contributed by atoms with Crippen LogP contribution in [0.15, 0.2) is 18.2 Å². The fourth-order valence-corrected chi connectivity index (χ4v) is 2.13. The first-order valence-corrected chi connectivity index (χ1v) is 8.21. The summed E-state index contributed by atoms with van der Waals surface area (Å²) in [5.41, 5.74) is 0.309. The Bertz CT molecular complexity index is 636. The lowest BCUT2D eigenvalue weighted by Gasteiger charge is -2.22. The van der Waals surface area contributed by atoms with E-state index in [1.54, 1.807) is 32.3 Å². The van der Waals surface area contributed by atoms with E-state index in [0.29, 0.717) is 17.1 Å². The van der Waals surface area contributed by atoms with Crippen molar-refractivity contribution < 1.29 is 23.9 Å². The SMILES string of the molecule is COc1cc(OC)cc(C(=O)N[C@@H](C(=O)NCC(=O)N(C)C)C(C)C)c1. The maximum absolute atomic E-state index is 12.6. The van der Waals surface area contributed by atoms with Crippen LogP contribution in [-0.4, -0.2) is 63.5 Å². The normalized spacial score (nSPS) is 11.5. The predicted octanol–water partition coefficient (Wildman–Crippen LogP) is 0.663. The van der Waals surface area contributed by atoms with Crippen LogP contribution in [0.2, 0.25) is 0 Å². The Hall–Kier alpha value is -2.77. The minimum absolute atomic E-state index is 0.127. The molecule has 8 nitrogen and oxygen atoms in total. The molecule has 1 atom stereocenters. The second kappa shape index (κ2) is 9.65. The monoisotopic (exact) mass is 365 g/mol. The smallest absolute Gasteiger partial charge is 0.252 e. The molecule has 144 valence electrons. The Balaban J connectivity index is 2.88. The molecule has 0 saturated carbocycles. The maximum Gasteiger partial charge on any atom is 0.252 e. The van der Waals surface area contributed by atoms with Crippen LogP contribution in [-0.2, 0) is 9.59 Å². The first-order chi connectivity index (χ1) is 12.2. The highest BCUT2D eigenvalue weighted by Gasteiger charge is 2.25. The molecule has 0 spiro atoms. The molecule has 8 heteroatoms. The van der Waals surface area contributed by atoms with Crippen molar-refractivity contribution in [1.29, 1.82) is 0 Å². The van der Waals surface area contributed by atoms with E-state index in [4.69, 9.17) is 9.47 Å². The number of amides is 3. The molecule has 0 radical (unpaired) electrons. The highest BCUT2D eigenvalue weighted by molar-refractivity contribution is 5.98. The van der Waals surface area contributed by atoms with Gasteiger partial charge in [0, 0.05) is 25.7 Å². The molecule has 0 aliphatic rings. The van der Waals surface area contributed by atoms with Gasteiger partial charge < -0.3 is 25.0 Å². The van der Waals surface area contributed by atoms with Crippen LogP contribution in [0.3, 0.4) is 0 Å². The number of ether oxygens (including phenoxy) is 2. The zero-order valence-electron chi connectivity index (χ0n) is 16.1. The van der Waals surface area contributed by atoms with Crippen molar-refractivity contribution in [2.45, 2.75) is 19.9 Å². The van der Waals surface area contributed by atoms with Crippen molar-refractivity contribution in [3.63, 3.8) is 0 Å². The van der Waals surface area contributed by atoms with Gasteiger partial charge in [-0.3, -0.25) is 14.4 Å². The van der Waals surface area contributed by atoms with E-state index < -0.39 is 17.9 Å². The Morgan fingerprint density at radius 1 is 1.04 bits per heavy atom. The molecule has 0 fully saturated rings. The number of methoxy groups -OCH3 is 2. The third kappa shape index (κ3) is 5.94.